The highest BCUT2D eigenvalue weighted by Crippen LogP contribution is 2.37. The van der Waals surface area contributed by atoms with E-state index in [1.807, 2.05) is 0 Å². The maximum atomic E-state index is 14.5. The minimum atomic E-state index is -0.829. The maximum absolute atomic E-state index is 14.5. The number of piperidine rings is 1. The smallest absolute Gasteiger partial charge is 0.223 e. The van der Waals surface area contributed by atoms with Gasteiger partial charge in [-0.05, 0) is 58.5 Å². The van der Waals surface area contributed by atoms with Crippen molar-refractivity contribution in [3.63, 3.8) is 0 Å². The Kier molecular flexibility index (Phi) is 8.85. The van der Waals surface area contributed by atoms with Gasteiger partial charge >= 0.3 is 0 Å². The van der Waals surface area contributed by atoms with Crippen LogP contribution in [0.3, 0.4) is 0 Å². The van der Waals surface area contributed by atoms with Crippen LogP contribution in [0, 0.1) is 17.8 Å². The fourth-order valence-electron chi connectivity index (χ4n) is 7.10. The molecule has 2 aliphatic carbocycles. The Hall–Kier alpha value is -0.550. The van der Waals surface area contributed by atoms with Crippen LogP contribution in [0.5, 0.6) is 0 Å². The summed E-state index contributed by atoms with van der Waals surface area (Å²) in [6.45, 7) is 2.75. The third kappa shape index (κ3) is 5.97. The number of alkyl halides is 2. The predicted octanol–water partition coefficient (Wildman–Crippen LogP) is 1.46. The van der Waals surface area contributed by atoms with Crippen molar-refractivity contribution in [3.8, 4) is 0 Å². The minimum absolute atomic E-state index is 0.000506. The van der Waals surface area contributed by atoms with E-state index in [4.69, 9.17) is 16.3 Å². The van der Waals surface area contributed by atoms with Crippen LogP contribution < -0.4 is 26.8 Å². The molecule has 0 bridgehead atoms. The monoisotopic (exact) mass is 514 g/mol. The first-order chi connectivity index (χ1) is 17.0. The van der Waals surface area contributed by atoms with Gasteiger partial charge in [0.05, 0.1) is 23.8 Å². The standard InChI is InChI=1S/C25H44ClFN6O2/c1-33-22(31-32-24(33)17-8-10-28-13-20(17)27)14-29-16-5-2-4-15(12-16)25(34)30-21-9-11-35-23-18(21)6-3-7-19(23)26/h15-24,28-29,31-32H,2-14H2,1H3,(H,30,34). The Morgan fingerprint density at radius 2 is 1.97 bits per heavy atom. The molecule has 2 saturated carbocycles. The zero-order chi connectivity index (χ0) is 24.4. The molecule has 5 aliphatic rings. The number of carbonyl (C=O) groups is 1. The van der Waals surface area contributed by atoms with Crippen molar-refractivity contribution < 1.29 is 13.9 Å². The molecule has 1 amide bonds. The van der Waals surface area contributed by atoms with E-state index in [1.165, 1.54) is 0 Å². The molecule has 0 aromatic rings. The lowest BCUT2D eigenvalue weighted by Crippen LogP contribution is -2.55. The molecule has 10 heteroatoms. The highest BCUT2D eigenvalue weighted by molar-refractivity contribution is 6.21. The molecule has 8 nitrogen and oxygen atoms in total. The summed E-state index contributed by atoms with van der Waals surface area (Å²) in [5.41, 5.74) is 6.68. The number of amides is 1. The van der Waals surface area contributed by atoms with Crippen molar-refractivity contribution in [3.05, 3.63) is 0 Å². The molecule has 5 fully saturated rings. The van der Waals surface area contributed by atoms with Crippen LogP contribution in [0.25, 0.3) is 0 Å². The van der Waals surface area contributed by atoms with Gasteiger partial charge in [-0.25, -0.2) is 15.2 Å². The van der Waals surface area contributed by atoms with Gasteiger partial charge in [-0.3, -0.25) is 9.69 Å². The molecule has 3 heterocycles. The van der Waals surface area contributed by atoms with Gasteiger partial charge in [0.15, 0.2) is 0 Å². The van der Waals surface area contributed by atoms with Gasteiger partial charge in [-0.2, -0.15) is 0 Å². The molecular formula is C25H44ClFN6O2. The number of rotatable bonds is 6. The molecule has 0 spiro atoms. The average Bonchev–Trinajstić information content (AvgIpc) is 3.24. The summed E-state index contributed by atoms with van der Waals surface area (Å²) < 4.78 is 20.4. The third-order valence-corrected chi connectivity index (χ3v) is 9.68. The van der Waals surface area contributed by atoms with Crippen molar-refractivity contribution in [1.82, 2.24) is 31.7 Å². The topological polar surface area (TPSA) is 89.7 Å². The minimum Gasteiger partial charge on any atom is -0.376 e. The number of nitrogens with zero attached hydrogens (tertiary/aromatic N) is 1. The first kappa shape index (κ1) is 26.1. The fourth-order valence-corrected chi connectivity index (χ4v) is 7.51. The summed E-state index contributed by atoms with van der Waals surface area (Å²) in [5, 5.41) is 10.3. The van der Waals surface area contributed by atoms with Gasteiger partial charge in [-0.1, -0.05) is 12.8 Å². The molecule has 10 atom stereocenters. The van der Waals surface area contributed by atoms with E-state index in [2.05, 4.69) is 38.7 Å². The molecule has 200 valence electrons. The van der Waals surface area contributed by atoms with E-state index >= 15 is 0 Å². The van der Waals surface area contributed by atoms with Crippen molar-refractivity contribution in [1.29, 1.82) is 0 Å². The average molecular weight is 515 g/mol. The van der Waals surface area contributed by atoms with Gasteiger partial charge < -0.3 is 20.7 Å². The molecular weight excluding hydrogens is 471 g/mol. The highest BCUT2D eigenvalue weighted by Gasteiger charge is 2.43. The Balaban J connectivity index is 1.08. The number of likely N-dealkylation sites (N-methyl/N-ethyl adjacent to an activating group) is 1. The van der Waals surface area contributed by atoms with Crippen molar-refractivity contribution in [2.24, 2.45) is 17.8 Å². The summed E-state index contributed by atoms with van der Waals surface area (Å²) in [7, 11) is 2.06. The molecule has 0 aromatic carbocycles. The van der Waals surface area contributed by atoms with Crippen LogP contribution in [0.4, 0.5) is 4.39 Å². The number of halogens is 2. The maximum Gasteiger partial charge on any atom is 0.223 e. The molecule has 3 saturated heterocycles. The van der Waals surface area contributed by atoms with E-state index < -0.39 is 6.17 Å². The van der Waals surface area contributed by atoms with E-state index in [0.717, 1.165) is 70.9 Å². The SMILES string of the molecule is CN1C(CNC2CCCC(C(=O)NC3CCOC4C(Cl)CCCC34)C2)NNC1C1CCNCC1F. The predicted molar refractivity (Wildman–Crippen MR) is 135 cm³/mol. The number of hydrogen-bond acceptors (Lipinski definition) is 7. The number of carbonyl (C=O) groups excluding carboxylic acids is 1. The van der Waals surface area contributed by atoms with Gasteiger partial charge in [0, 0.05) is 49.5 Å². The zero-order valence-electron chi connectivity index (χ0n) is 21.0. The molecule has 5 rings (SSSR count). The molecule has 10 unspecified atom stereocenters. The Labute approximate surface area is 214 Å². The van der Waals surface area contributed by atoms with Gasteiger partial charge in [0.2, 0.25) is 5.91 Å². The number of nitrogens with one attached hydrogen (secondary N) is 5. The Morgan fingerprint density at radius 1 is 1.11 bits per heavy atom. The molecule has 5 N–H and O–H groups in total. The largest absolute Gasteiger partial charge is 0.376 e. The van der Waals surface area contributed by atoms with Crippen LogP contribution in [0.2, 0.25) is 0 Å². The molecule has 0 radical (unpaired) electrons. The second-order valence-corrected chi connectivity index (χ2v) is 12.0. The highest BCUT2D eigenvalue weighted by atomic mass is 35.5. The summed E-state index contributed by atoms with van der Waals surface area (Å²) in [5.74, 6) is 0.593. The number of ether oxygens (including phenoxy) is 1. The second-order valence-electron chi connectivity index (χ2n) is 11.4. The van der Waals surface area contributed by atoms with E-state index in [1.54, 1.807) is 0 Å². The number of hydrazine groups is 1. The molecule has 0 aromatic heterocycles. The summed E-state index contributed by atoms with van der Waals surface area (Å²) >= 11 is 6.54. The Bertz CT molecular complexity index is 721. The van der Waals surface area contributed by atoms with E-state index in [9.17, 15) is 9.18 Å². The van der Waals surface area contributed by atoms with Crippen molar-refractivity contribution in [2.75, 3.05) is 33.3 Å². The summed E-state index contributed by atoms with van der Waals surface area (Å²) in [6, 6.07) is 0.510. The normalized spacial score (nSPS) is 45.1. The lowest BCUT2D eigenvalue weighted by molar-refractivity contribution is -0.130. The lowest BCUT2D eigenvalue weighted by atomic mass is 9.78. The summed E-state index contributed by atoms with van der Waals surface area (Å²) in [6.07, 6.45) is 8.27. The zero-order valence-corrected chi connectivity index (χ0v) is 21.7. The lowest BCUT2D eigenvalue weighted by Gasteiger charge is -2.44. The Morgan fingerprint density at radius 3 is 2.83 bits per heavy atom. The van der Waals surface area contributed by atoms with Gasteiger partial charge in [0.25, 0.3) is 0 Å². The number of fused-ring (bicyclic) bond motifs is 1. The first-order valence-electron chi connectivity index (χ1n) is 13.9. The van der Waals surface area contributed by atoms with Crippen LogP contribution in [0.15, 0.2) is 0 Å². The van der Waals surface area contributed by atoms with E-state index in [-0.39, 0.29) is 47.6 Å². The molecule has 35 heavy (non-hydrogen) atoms. The van der Waals surface area contributed by atoms with Crippen molar-refractivity contribution >= 4 is 17.5 Å². The fraction of sp³-hybridized carbons (Fsp3) is 0.960. The molecule has 3 aliphatic heterocycles. The van der Waals surface area contributed by atoms with E-state index in [0.29, 0.717) is 25.1 Å². The summed E-state index contributed by atoms with van der Waals surface area (Å²) in [4.78, 5) is 15.5. The second kappa shape index (κ2) is 11.9. The quantitative estimate of drug-likeness (QED) is 0.343. The van der Waals surface area contributed by atoms with Crippen LogP contribution in [-0.4, -0.2) is 86.2 Å². The van der Waals surface area contributed by atoms with Crippen LogP contribution >= 0.6 is 11.6 Å². The van der Waals surface area contributed by atoms with Crippen LogP contribution in [-0.2, 0) is 9.53 Å². The first-order valence-corrected chi connectivity index (χ1v) is 14.3. The number of hydrogen-bond donors (Lipinski definition) is 5. The van der Waals surface area contributed by atoms with Crippen molar-refractivity contribution in [2.45, 2.75) is 99.9 Å². The van der Waals surface area contributed by atoms with Crippen LogP contribution in [0.1, 0.15) is 57.8 Å². The van der Waals surface area contributed by atoms with Gasteiger partial charge in [-0.15, -0.1) is 11.6 Å². The third-order valence-electron chi connectivity index (χ3n) is 9.22. The van der Waals surface area contributed by atoms with Gasteiger partial charge in [0.1, 0.15) is 6.17 Å².